The van der Waals surface area contributed by atoms with Gasteiger partial charge in [0.2, 0.25) is 0 Å². The van der Waals surface area contributed by atoms with Crippen molar-refractivity contribution < 1.29 is 9.84 Å². The van der Waals surface area contributed by atoms with Crippen LogP contribution in [0.4, 0.5) is 0 Å². The number of aliphatic hydroxyl groups excluding tert-OH is 1. The van der Waals surface area contributed by atoms with E-state index in [2.05, 4.69) is 15.4 Å². The van der Waals surface area contributed by atoms with Gasteiger partial charge >= 0.3 is 0 Å². The van der Waals surface area contributed by atoms with E-state index < -0.39 is 0 Å². The molecule has 0 amide bonds. The Balaban J connectivity index is 1.99. The van der Waals surface area contributed by atoms with Gasteiger partial charge in [-0.25, -0.2) is 4.98 Å². The molecule has 0 radical (unpaired) electrons. The normalized spacial score (nSPS) is 10.7. The number of hydrogen-bond donors (Lipinski definition) is 2. The van der Waals surface area contributed by atoms with Gasteiger partial charge in [0.05, 0.1) is 26.4 Å². The number of aromatic nitrogens is 3. The minimum atomic E-state index is 0.0712. The Bertz CT molecular complexity index is 251. The van der Waals surface area contributed by atoms with Gasteiger partial charge in [-0.1, -0.05) is 0 Å². The molecule has 80 valence electrons. The quantitative estimate of drug-likeness (QED) is 0.547. The highest BCUT2D eigenvalue weighted by Gasteiger charge is 1.96. The Hall–Kier alpha value is -0.980. The molecule has 0 aliphatic rings. The monoisotopic (exact) mass is 200 g/mol. The Kier molecular flexibility index (Phi) is 5.13. The van der Waals surface area contributed by atoms with Crippen LogP contribution in [0.1, 0.15) is 5.82 Å². The van der Waals surface area contributed by atoms with Crippen molar-refractivity contribution in [1.82, 2.24) is 20.1 Å². The largest absolute Gasteiger partial charge is 0.394 e. The standard InChI is InChI=1S/C8H16N4O2/c1-12-7-10-8(11-12)6-9-2-4-14-5-3-13/h7,9,13H,2-6H2,1H3. The molecule has 2 N–H and O–H groups in total. The number of hydrogen-bond acceptors (Lipinski definition) is 5. The Labute approximate surface area is 82.9 Å². The zero-order valence-corrected chi connectivity index (χ0v) is 8.31. The van der Waals surface area contributed by atoms with Crippen molar-refractivity contribution in [3.63, 3.8) is 0 Å². The number of ether oxygens (including phenoxy) is 1. The molecule has 1 aromatic rings. The molecule has 1 heterocycles. The first kappa shape index (κ1) is 11.1. The topological polar surface area (TPSA) is 72.2 Å². The average molecular weight is 200 g/mol. The fourth-order valence-corrected chi connectivity index (χ4v) is 0.976. The maximum Gasteiger partial charge on any atom is 0.164 e. The molecule has 6 nitrogen and oxygen atoms in total. The summed E-state index contributed by atoms with van der Waals surface area (Å²) in [4.78, 5) is 4.06. The minimum Gasteiger partial charge on any atom is -0.394 e. The van der Waals surface area contributed by atoms with Crippen molar-refractivity contribution in [2.75, 3.05) is 26.4 Å². The number of nitrogens with zero attached hydrogens (tertiary/aromatic N) is 3. The van der Waals surface area contributed by atoms with E-state index in [1.54, 1.807) is 11.0 Å². The maximum absolute atomic E-state index is 8.44. The molecule has 1 rings (SSSR count). The molecule has 0 aliphatic carbocycles. The van der Waals surface area contributed by atoms with E-state index in [-0.39, 0.29) is 6.61 Å². The van der Waals surface area contributed by atoms with E-state index in [0.29, 0.717) is 19.8 Å². The highest BCUT2D eigenvalue weighted by atomic mass is 16.5. The summed E-state index contributed by atoms with van der Waals surface area (Å²) >= 11 is 0. The van der Waals surface area contributed by atoms with Gasteiger partial charge in [-0.3, -0.25) is 4.68 Å². The van der Waals surface area contributed by atoms with E-state index in [1.807, 2.05) is 7.05 Å². The van der Waals surface area contributed by atoms with Gasteiger partial charge in [-0.05, 0) is 0 Å². The molecule has 0 bridgehead atoms. The third kappa shape index (κ3) is 4.31. The van der Waals surface area contributed by atoms with Crippen LogP contribution in [0.2, 0.25) is 0 Å². The minimum absolute atomic E-state index is 0.0712. The summed E-state index contributed by atoms with van der Waals surface area (Å²) in [7, 11) is 1.83. The van der Waals surface area contributed by atoms with Crippen LogP contribution in [0.15, 0.2) is 6.33 Å². The Morgan fingerprint density at radius 3 is 3.07 bits per heavy atom. The number of aliphatic hydroxyl groups is 1. The number of aryl methyl sites for hydroxylation is 1. The van der Waals surface area contributed by atoms with E-state index in [1.165, 1.54) is 0 Å². The molecule has 0 saturated carbocycles. The fourth-order valence-electron chi connectivity index (χ4n) is 0.976. The summed E-state index contributed by atoms with van der Waals surface area (Å²) in [5.74, 6) is 0.773. The van der Waals surface area contributed by atoms with Crippen LogP contribution in [0.5, 0.6) is 0 Å². The van der Waals surface area contributed by atoms with Crippen LogP contribution in [-0.4, -0.2) is 46.2 Å². The lowest BCUT2D eigenvalue weighted by atomic mass is 10.5. The summed E-state index contributed by atoms with van der Waals surface area (Å²) in [6.45, 7) is 2.43. The van der Waals surface area contributed by atoms with Crippen LogP contribution < -0.4 is 5.32 Å². The molecule has 0 unspecified atom stereocenters. The molecule has 0 aromatic carbocycles. The van der Waals surface area contributed by atoms with E-state index in [0.717, 1.165) is 12.4 Å². The summed E-state index contributed by atoms with van der Waals surface area (Å²) in [6, 6.07) is 0. The maximum atomic E-state index is 8.44. The highest BCUT2D eigenvalue weighted by Crippen LogP contribution is 1.85. The molecule has 0 fully saturated rings. The molecule has 0 saturated heterocycles. The van der Waals surface area contributed by atoms with Gasteiger partial charge in [0.15, 0.2) is 5.82 Å². The molecule has 0 atom stereocenters. The zero-order chi connectivity index (χ0) is 10.2. The van der Waals surface area contributed by atoms with Gasteiger partial charge < -0.3 is 15.2 Å². The van der Waals surface area contributed by atoms with Gasteiger partial charge in [0, 0.05) is 13.6 Å². The Morgan fingerprint density at radius 1 is 1.57 bits per heavy atom. The van der Waals surface area contributed by atoms with Crippen molar-refractivity contribution in [2.45, 2.75) is 6.54 Å². The van der Waals surface area contributed by atoms with Crippen molar-refractivity contribution in [3.8, 4) is 0 Å². The van der Waals surface area contributed by atoms with Crippen LogP contribution in [0.3, 0.4) is 0 Å². The van der Waals surface area contributed by atoms with E-state index >= 15 is 0 Å². The summed E-state index contributed by atoms with van der Waals surface area (Å²) in [5.41, 5.74) is 0. The first-order valence-corrected chi connectivity index (χ1v) is 4.57. The van der Waals surface area contributed by atoms with Crippen molar-refractivity contribution in [3.05, 3.63) is 12.2 Å². The van der Waals surface area contributed by atoms with Crippen molar-refractivity contribution in [2.24, 2.45) is 7.05 Å². The van der Waals surface area contributed by atoms with E-state index in [4.69, 9.17) is 9.84 Å². The summed E-state index contributed by atoms with van der Waals surface area (Å²) in [5, 5.41) is 15.7. The predicted octanol–water partition coefficient (Wildman–Crippen LogP) is -1.09. The van der Waals surface area contributed by atoms with Crippen LogP contribution in [0, 0.1) is 0 Å². The second kappa shape index (κ2) is 6.47. The molecule has 0 spiro atoms. The lowest BCUT2D eigenvalue weighted by Crippen LogP contribution is -2.20. The number of rotatable bonds is 7. The molecular formula is C8H16N4O2. The van der Waals surface area contributed by atoms with Gasteiger partial charge in [0.25, 0.3) is 0 Å². The molecule has 1 aromatic heterocycles. The van der Waals surface area contributed by atoms with Crippen molar-refractivity contribution in [1.29, 1.82) is 0 Å². The average Bonchev–Trinajstić information content (AvgIpc) is 2.58. The Morgan fingerprint density at radius 2 is 2.43 bits per heavy atom. The molecule has 0 aliphatic heterocycles. The zero-order valence-electron chi connectivity index (χ0n) is 8.31. The molecule has 6 heteroatoms. The predicted molar refractivity (Wildman–Crippen MR) is 50.6 cm³/mol. The second-order valence-corrected chi connectivity index (χ2v) is 2.85. The SMILES string of the molecule is Cn1cnc(CNCCOCCO)n1. The van der Waals surface area contributed by atoms with Gasteiger partial charge in [-0.15, -0.1) is 0 Å². The fraction of sp³-hybridized carbons (Fsp3) is 0.750. The molecular weight excluding hydrogens is 184 g/mol. The second-order valence-electron chi connectivity index (χ2n) is 2.85. The summed E-state index contributed by atoms with van der Waals surface area (Å²) < 4.78 is 6.73. The third-order valence-electron chi connectivity index (χ3n) is 1.59. The van der Waals surface area contributed by atoms with Gasteiger partial charge in [-0.2, -0.15) is 5.10 Å². The highest BCUT2D eigenvalue weighted by molar-refractivity contribution is 4.79. The lowest BCUT2D eigenvalue weighted by Gasteiger charge is -2.02. The lowest BCUT2D eigenvalue weighted by molar-refractivity contribution is 0.0937. The van der Waals surface area contributed by atoms with Crippen LogP contribution >= 0.6 is 0 Å². The van der Waals surface area contributed by atoms with E-state index in [9.17, 15) is 0 Å². The first-order valence-electron chi connectivity index (χ1n) is 4.57. The smallest absolute Gasteiger partial charge is 0.164 e. The summed E-state index contributed by atoms with van der Waals surface area (Å²) in [6.07, 6.45) is 1.67. The van der Waals surface area contributed by atoms with Gasteiger partial charge in [0.1, 0.15) is 6.33 Å². The van der Waals surface area contributed by atoms with Crippen LogP contribution in [-0.2, 0) is 18.3 Å². The third-order valence-corrected chi connectivity index (χ3v) is 1.59. The molecule has 14 heavy (non-hydrogen) atoms. The first-order chi connectivity index (χ1) is 6.83. The van der Waals surface area contributed by atoms with Crippen molar-refractivity contribution >= 4 is 0 Å². The van der Waals surface area contributed by atoms with Crippen LogP contribution in [0.25, 0.3) is 0 Å². The number of nitrogens with one attached hydrogen (secondary N) is 1.